The number of pyridine rings is 1. The van der Waals surface area contributed by atoms with Crippen LogP contribution in [-0.4, -0.2) is 47.1 Å². The van der Waals surface area contributed by atoms with Gasteiger partial charge in [0.05, 0.1) is 18.8 Å². The van der Waals surface area contributed by atoms with E-state index in [1.165, 1.54) is 17.0 Å². The molecule has 1 unspecified atom stereocenters. The largest absolute Gasteiger partial charge is 0.439 e. The van der Waals surface area contributed by atoms with Crippen molar-refractivity contribution in [2.45, 2.75) is 25.5 Å². The minimum Gasteiger partial charge on any atom is -0.439 e. The fourth-order valence-electron chi connectivity index (χ4n) is 4.52. The second kappa shape index (κ2) is 8.78. The number of benzene rings is 2. The van der Waals surface area contributed by atoms with Crippen LogP contribution in [0.5, 0.6) is 0 Å². The van der Waals surface area contributed by atoms with Crippen molar-refractivity contribution in [3.05, 3.63) is 89.5 Å². The average Bonchev–Trinajstić information content (AvgIpc) is 3.41. The van der Waals surface area contributed by atoms with Crippen molar-refractivity contribution in [3.63, 3.8) is 0 Å². The third-order valence-electron chi connectivity index (χ3n) is 6.41. The Morgan fingerprint density at radius 2 is 1.97 bits per heavy atom. The van der Waals surface area contributed by atoms with Crippen molar-refractivity contribution >= 4 is 23.4 Å². The lowest BCUT2D eigenvalue weighted by atomic mass is 10.0. The maximum atomic E-state index is 13.6. The molecular weight excluding hydrogens is 435 g/mol. The van der Waals surface area contributed by atoms with Gasteiger partial charge in [0.15, 0.2) is 5.60 Å². The Balaban J connectivity index is 1.28. The zero-order valence-corrected chi connectivity index (χ0v) is 18.8. The van der Waals surface area contributed by atoms with Crippen LogP contribution < -0.4 is 10.2 Å². The fourth-order valence-corrected chi connectivity index (χ4v) is 4.52. The Labute approximate surface area is 197 Å². The standard InChI is InChI=1S/C26H25FN4O3/c1-18-5-6-20(13-23(18)29-15-19-7-10-28-11-8-19)24(32)30-12-9-26(16-30)17-31(25(33)34-26)22-4-2-3-21(27)14-22/h2-8,10-11,13-14,29H,9,12,15-17H2,1H3. The number of anilines is 2. The average molecular weight is 461 g/mol. The number of rotatable bonds is 5. The third-order valence-corrected chi connectivity index (χ3v) is 6.41. The van der Waals surface area contributed by atoms with E-state index in [1.54, 1.807) is 29.4 Å². The number of aryl methyl sites for hydroxylation is 1. The fraction of sp³-hybridized carbons (Fsp3) is 0.269. The van der Waals surface area contributed by atoms with Crippen LogP contribution in [-0.2, 0) is 11.3 Å². The molecule has 2 amide bonds. The molecule has 3 heterocycles. The molecule has 1 atom stereocenters. The molecular formula is C26H25FN4O3. The quantitative estimate of drug-likeness (QED) is 0.612. The van der Waals surface area contributed by atoms with E-state index in [-0.39, 0.29) is 12.5 Å². The summed E-state index contributed by atoms with van der Waals surface area (Å²) in [5, 5.41) is 3.39. The van der Waals surface area contributed by atoms with Gasteiger partial charge in [0.1, 0.15) is 5.82 Å². The molecule has 174 valence electrons. The molecule has 3 aromatic rings. The first-order valence-corrected chi connectivity index (χ1v) is 11.2. The summed E-state index contributed by atoms with van der Waals surface area (Å²) in [5.74, 6) is -0.522. The normalized spacial score (nSPS) is 19.5. The molecule has 2 fully saturated rings. The Bertz CT molecular complexity index is 1240. The minimum absolute atomic E-state index is 0.107. The summed E-state index contributed by atoms with van der Waals surface area (Å²) in [6.45, 7) is 3.69. The number of carbonyl (C=O) groups excluding carboxylic acids is 2. The number of nitrogens with one attached hydrogen (secondary N) is 1. The van der Waals surface area contributed by atoms with Crippen LogP contribution in [0.1, 0.15) is 27.9 Å². The van der Waals surface area contributed by atoms with Crippen LogP contribution in [0.4, 0.5) is 20.6 Å². The van der Waals surface area contributed by atoms with E-state index < -0.39 is 17.5 Å². The van der Waals surface area contributed by atoms with Crippen LogP contribution >= 0.6 is 0 Å². The summed E-state index contributed by atoms with van der Waals surface area (Å²) in [7, 11) is 0. The maximum Gasteiger partial charge on any atom is 0.415 e. The predicted octanol–water partition coefficient (Wildman–Crippen LogP) is 4.38. The lowest BCUT2D eigenvalue weighted by Crippen LogP contribution is -2.39. The van der Waals surface area contributed by atoms with Gasteiger partial charge in [0, 0.05) is 43.2 Å². The van der Waals surface area contributed by atoms with Gasteiger partial charge in [-0.1, -0.05) is 12.1 Å². The van der Waals surface area contributed by atoms with Gasteiger partial charge in [-0.05, 0) is 60.5 Å². The van der Waals surface area contributed by atoms with Crippen molar-refractivity contribution in [2.24, 2.45) is 0 Å². The second-order valence-corrected chi connectivity index (χ2v) is 8.83. The molecule has 2 aliphatic heterocycles. The van der Waals surface area contributed by atoms with Crippen molar-refractivity contribution < 1.29 is 18.7 Å². The molecule has 0 bridgehead atoms. The highest BCUT2D eigenvalue weighted by Gasteiger charge is 2.51. The van der Waals surface area contributed by atoms with Gasteiger partial charge in [0.25, 0.3) is 5.91 Å². The molecule has 0 saturated carbocycles. The van der Waals surface area contributed by atoms with E-state index in [2.05, 4.69) is 10.3 Å². The number of hydrogen-bond donors (Lipinski definition) is 1. The van der Waals surface area contributed by atoms with Gasteiger partial charge in [-0.3, -0.25) is 14.7 Å². The number of ether oxygens (including phenoxy) is 1. The number of aromatic nitrogens is 1. The lowest BCUT2D eigenvalue weighted by Gasteiger charge is -2.22. The van der Waals surface area contributed by atoms with Gasteiger partial charge >= 0.3 is 6.09 Å². The first kappa shape index (κ1) is 21.9. The highest BCUT2D eigenvalue weighted by Crippen LogP contribution is 2.36. The first-order chi connectivity index (χ1) is 16.4. The van der Waals surface area contributed by atoms with Crippen LogP contribution in [0.2, 0.25) is 0 Å². The van der Waals surface area contributed by atoms with Crippen molar-refractivity contribution in [1.29, 1.82) is 0 Å². The molecule has 8 heteroatoms. The topological polar surface area (TPSA) is 74.8 Å². The van der Waals surface area contributed by atoms with Crippen molar-refractivity contribution in [3.8, 4) is 0 Å². The number of amides is 2. The summed E-state index contributed by atoms with van der Waals surface area (Å²) >= 11 is 0. The smallest absolute Gasteiger partial charge is 0.415 e. The highest BCUT2D eigenvalue weighted by molar-refractivity contribution is 5.96. The number of halogens is 1. The molecule has 2 aromatic carbocycles. The Morgan fingerprint density at radius 1 is 1.15 bits per heavy atom. The van der Waals surface area contributed by atoms with Crippen molar-refractivity contribution in [2.75, 3.05) is 29.9 Å². The van der Waals surface area contributed by atoms with Gasteiger partial charge in [0.2, 0.25) is 0 Å². The molecule has 7 nitrogen and oxygen atoms in total. The number of carbonyl (C=O) groups is 2. The molecule has 5 rings (SSSR count). The molecule has 1 N–H and O–H groups in total. The summed E-state index contributed by atoms with van der Waals surface area (Å²) in [6, 6.07) is 15.4. The third kappa shape index (κ3) is 4.31. The van der Waals surface area contributed by atoms with E-state index in [0.29, 0.717) is 37.3 Å². The monoisotopic (exact) mass is 460 g/mol. The van der Waals surface area contributed by atoms with Crippen LogP contribution in [0.3, 0.4) is 0 Å². The number of nitrogens with zero attached hydrogens (tertiary/aromatic N) is 3. The minimum atomic E-state index is -0.786. The van der Waals surface area contributed by atoms with E-state index >= 15 is 0 Å². The molecule has 34 heavy (non-hydrogen) atoms. The van der Waals surface area contributed by atoms with Crippen LogP contribution in [0.15, 0.2) is 67.0 Å². The first-order valence-electron chi connectivity index (χ1n) is 11.2. The van der Waals surface area contributed by atoms with E-state index in [4.69, 9.17) is 4.74 Å². The molecule has 0 aliphatic carbocycles. The van der Waals surface area contributed by atoms with Crippen molar-refractivity contribution in [1.82, 2.24) is 9.88 Å². The maximum absolute atomic E-state index is 13.6. The predicted molar refractivity (Wildman–Crippen MR) is 126 cm³/mol. The molecule has 2 saturated heterocycles. The Morgan fingerprint density at radius 3 is 2.76 bits per heavy atom. The lowest BCUT2D eigenvalue weighted by molar-refractivity contribution is 0.0553. The van der Waals surface area contributed by atoms with E-state index in [1.807, 2.05) is 37.3 Å². The van der Waals surface area contributed by atoms with Crippen LogP contribution in [0, 0.1) is 12.7 Å². The zero-order valence-electron chi connectivity index (χ0n) is 18.8. The van der Waals surface area contributed by atoms with Gasteiger partial charge in [-0.15, -0.1) is 0 Å². The molecule has 0 radical (unpaired) electrons. The van der Waals surface area contributed by atoms with Gasteiger partial charge < -0.3 is 15.0 Å². The van der Waals surface area contributed by atoms with Crippen LogP contribution in [0.25, 0.3) is 0 Å². The Kier molecular flexibility index (Phi) is 5.65. The summed E-state index contributed by atoms with van der Waals surface area (Å²) in [4.78, 5) is 33.0. The summed E-state index contributed by atoms with van der Waals surface area (Å²) < 4.78 is 19.4. The summed E-state index contributed by atoms with van der Waals surface area (Å²) in [5.41, 5.74) is 3.27. The highest BCUT2D eigenvalue weighted by atomic mass is 19.1. The second-order valence-electron chi connectivity index (χ2n) is 8.83. The summed E-state index contributed by atoms with van der Waals surface area (Å²) in [6.07, 6.45) is 3.52. The van der Waals surface area contributed by atoms with Gasteiger partial charge in [-0.2, -0.15) is 0 Å². The van der Waals surface area contributed by atoms with E-state index in [9.17, 15) is 14.0 Å². The SMILES string of the molecule is Cc1ccc(C(=O)N2CCC3(C2)CN(c2cccc(F)c2)C(=O)O3)cc1NCc1ccncc1. The number of hydrogen-bond acceptors (Lipinski definition) is 5. The van der Waals surface area contributed by atoms with Gasteiger partial charge in [-0.25, -0.2) is 9.18 Å². The molecule has 2 aliphatic rings. The molecule has 1 aromatic heterocycles. The number of likely N-dealkylation sites (tertiary alicyclic amines) is 1. The molecule has 1 spiro atoms. The van der Waals surface area contributed by atoms with E-state index in [0.717, 1.165) is 16.8 Å². The Hall–Kier alpha value is -3.94. The zero-order chi connectivity index (χ0) is 23.7.